The number of hydrogen-bond donors (Lipinski definition) is 0. The predicted molar refractivity (Wildman–Crippen MR) is 97.4 cm³/mol. The first-order valence-corrected chi connectivity index (χ1v) is 8.97. The van der Waals surface area contributed by atoms with Gasteiger partial charge in [0.05, 0.1) is 11.5 Å². The SMILES string of the molecule is CCc1cc2c(=O)n(CCCC#N)c(Cc3ccccc3)nc2s1. The van der Waals surface area contributed by atoms with Crippen LogP contribution in [0.5, 0.6) is 0 Å². The van der Waals surface area contributed by atoms with E-state index in [-0.39, 0.29) is 5.56 Å². The van der Waals surface area contributed by atoms with Gasteiger partial charge in [-0.3, -0.25) is 9.36 Å². The number of hydrogen-bond acceptors (Lipinski definition) is 4. The van der Waals surface area contributed by atoms with Crippen molar-refractivity contribution in [2.45, 2.75) is 39.2 Å². The zero-order chi connectivity index (χ0) is 16.9. The Kier molecular flexibility index (Phi) is 5.07. The molecule has 24 heavy (non-hydrogen) atoms. The van der Waals surface area contributed by atoms with Gasteiger partial charge in [-0.05, 0) is 24.5 Å². The normalized spacial score (nSPS) is 10.8. The van der Waals surface area contributed by atoms with Crippen molar-refractivity contribution in [3.63, 3.8) is 0 Å². The summed E-state index contributed by atoms with van der Waals surface area (Å²) in [6.07, 6.45) is 2.64. The van der Waals surface area contributed by atoms with Crippen LogP contribution in [0.1, 0.15) is 36.0 Å². The predicted octanol–water partition coefficient (Wildman–Crippen LogP) is 3.91. The van der Waals surface area contributed by atoms with Crippen LogP contribution < -0.4 is 5.56 Å². The molecule has 122 valence electrons. The van der Waals surface area contributed by atoms with E-state index < -0.39 is 0 Å². The fraction of sp³-hybridized carbons (Fsp3) is 0.316. The van der Waals surface area contributed by atoms with Crippen molar-refractivity contribution in [1.29, 1.82) is 5.26 Å². The maximum Gasteiger partial charge on any atom is 0.262 e. The van der Waals surface area contributed by atoms with Gasteiger partial charge in [-0.2, -0.15) is 5.26 Å². The molecule has 1 aromatic carbocycles. The zero-order valence-corrected chi connectivity index (χ0v) is 14.5. The molecule has 0 bridgehead atoms. The van der Waals surface area contributed by atoms with E-state index in [0.29, 0.717) is 31.2 Å². The minimum absolute atomic E-state index is 0.0137. The minimum atomic E-state index is 0.0137. The lowest BCUT2D eigenvalue weighted by molar-refractivity contribution is 0.598. The summed E-state index contributed by atoms with van der Waals surface area (Å²) < 4.78 is 1.75. The lowest BCUT2D eigenvalue weighted by atomic mass is 10.1. The molecule has 0 aliphatic rings. The molecule has 2 aromatic heterocycles. The van der Waals surface area contributed by atoms with Crippen molar-refractivity contribution in [3.8, 4) is 6.07 Å². The minimum Gasteiger partial charge on any atom is -0.296 e. The van der Waals surface area contributed by atoms with E-state index in [9.17, 15) is 4.79 Å². The van der Waals surface area contributed by atoms with Crippen molar-refractivity contribution in [2.75, 3.05) is 0 Å². The first-order valence-electron chi connectivity index (χ1n) is 8.16. The van der Waals surface area contributed by atoms with Gasteiger partial charge in [0.1, 0.15) is 10.7 Å². The van der Waals surface area contributed by atoms with Crippen LogP contribution in [-0.2, 0) is 19.4 Å². The highest BCUT2D eigenvalue weighted by Crippen LogP contribution is 2.23. The van der Waals surface area contributed by atoms with Gasteiger partial charge in [0.2, 0.25) is 0 Å². The van der Waals surface area contributed by atoms with E-state index in [0.717, 1.165) is 22.6 Å². The number of aryl methyl sites for hydroxylation is 1. The third-order valence-electron chi connectivity index (χ3n) is 4.01. The highest BCUT2D eigenvalue weighted by atomic mass is 32.1. The Bertz CT molecular complexity index is 935. The summed E-state index contributed by atoms with van der Waals surface area (Å²) in [6, 6.07) is 14.2. The lowest BCUT2D eigenvalue weighted by Gasteiger charge is -2.11. The standard InChI is InChI=1S/C19H19N3OS/c1-2-15-13-16-18(24-15)21-17(12-14-8-4-3-5-9-14)22(19(16)23)11-7-6-10-20/h3-5,8-9,13H,2,6-7,11-12H2,1H3. The molecule has 0 fully saturated rings. The van der Waals surface area contributed by atoms with Gasteiger partial charge in [0, 0.05) is 24.3 Å². The van der Waals surface area contributed by atoms with Crippen LogP contribution in [0, 0.1) is 11.3 Å². The summed E-state index contributed by atoms with van der Waals surface area (Å²) >= 11 is 1.60. The second kappa shape index (κ2) is 7.41. The summed E-state index contributed by atoms with van der Waals surface area (Å²) in [6.45, 7) is 2.62. The molecular formula is C19H19N3OS. The van der Waals surface area contributed by atoms with Gasteiger partial charge in [-0.1, -0.05) is 37.3 Å². The molecule has 0 spiro atoms. The molecule has 0 saturated heterocycles. The Balaban J connectivity index is 2.08. The molecule has 5 heteroatoms. The van der Waals surface area contributed by atoms with E-state index in [2.05, 4.69) is 13.0 Å². The van der Waals surface area contributed by atoms with Crippen molar-refractivity contribution in [2.24, 2.45) is 0 Å². The van der Waals surface area contributed by atoms with Crippen LogP contribution in [0.3, 0.4) is 0 Å². The molecule has 0 N–H and O–H groups in total. The molecular weight excluding hydrogens is 318 g/mol. The number of rotatable bonds is 6. The largest absolute Gasteiger partial charge is 0.296 e. The molecule has 3 rings (SSSR count). The monoisotopic (exact) mass is 337 g/mol. The average Bonchev–Trinajstić information content (AvgIpc) is 3.02. The number of nitriles is 1. The zero-order valence-electron chi connectivity index (χ0n) is 13.7. The fourth-order valence-electron chi connectivity index (χ4n) is 2.74. The van der Waals surface area contributed by atoms with Crippen molar-refractivity contribution in [3.05, 3.63) is 63.0 Å². The number of benzene rings is 1. The number of fused-ring (bicyclic) bond motifs is 1. The Morgan fingerprint density at radius 1 is 1.29 bits per heavy atom. The van der Waals surface area contributed by atoms with Crippen LogP contribution in [-0.4, -0.2) is 9.55 Å². The Hall–Kier alpha value is -2.45. The lowest BCUT2D eigenvalue weighted by Crippen LogP contribution is -2.25. The Labute approximate surface area is 145 Å². The third kappa shape index (κ3) is 3.39. The van der Waals surface area contributed by atoms with E-state index in [1.54, 1.807) is 15.9 Å². The van der Waals surface area contributed by atoms with E-state index in [4.69, 9.17) is 10.2 Å². The summed E-state index contributed by atoms with van der Waals surface area (Å²) in [7, 11) is 0. The first-order chi connectivity index (χ1) is 11.7. The second-order valence-corrected chi connectivity index (χ2v) is 6.81. The molecule has 0 atom stereocenters. The summed E-state index contributed by atoms with van der Waals surface area (Å²) in [5.41, 5.74) is 1.14. The van der Waals surface area contributed by atoms with E-state index in [1.165, 1.54) is 4.88 Å². The number of thiophene rings is 1. The maximum absolute atomic E-state index is 12.9. The summed E-state index contributed by atoms with van der Waals surface area (Å²) in [5, 5.41) is 9.47. The Morgan fingerprint density at radius 2 is 2.08 bits per heavy atom. The van der Waals surface area contributed by atoms with E-state index in [1.807, 2.05) is 36.4 Å². The second-order valence-electron chi connectivity index (χ2n) is 5.69. The molecule has 0 radical (unpaired) electrons. The topological polar surface area (TPSA) is 58.7 Å². The average molecular weight is 337 g/mol. The maximum atomic E-state index is 12.9. The summed E-state index contributed by atoms with van der Waals surface area (Å²) in [5.74, 6) is 0.779. The van der Waals surface area contributed by atoms with Crippen molar-refractivity contribution < 1.29 is 0 Å². The first kappa shape index (κ1) is 16.4. The molecule has 0 amide bonds. The number of aromatic nitrogens is 2. The van der Waals surface area contributed by atoms with Gasteiger partial charge in [-0.15, -0.1) is 11.3 Å². The smallest absolute Gasteiger partial charge is 0.262 e. The molecule has 0 saturated carbocycles. The third-order valence-corrected chi connectivity index (χ3v) is 5.18. The molecule has 4 nitrogen and oxygen atoms in total. The van der Waals surface area contributed by atoms with Crippen LogP contribution >= 0.6 is 11.3 Å². The molecule has 3 aromatic rings. The number of nitrogens with zero attached hydrogens (tertiary/aromatic N) is 3. The van der Waals surface area contributed by atoms with Gasteiger partial charge in [0.15, 0.2) is 0 Å². The van der Waals surface area contributed by atoms with Gasteiger partial charge >= 0.3 is 0 Å². The molecule has 0 unspecified atom stereocenters. The van der Waals surface area contributed by atoms with E-state index >= 15 is 0 Å². The molecule has 0 aliphatic heterocycles. The van der Waals surface area contributed by atoms with Crippen LogP contribution in [0.25, 0.3) is 10.2 Å². The fourth-order valence-corrected chi connectivity index (χ4v) is 3.72. The molecule has 2 heterocycles. The highest BCUT2D eigenvalue weighted by Gasteiger charge is 2.14. The quantitative estimate of drug-likeness (QED) is 0.641. The van der Waals surface area contributed by atoms with Crippen LogP contribution in [0.4, 0.5) is 0 Å². The number of unbranched alkanes of at least 4 members (excludes halogenated alkanes) is 1. The van der Waals surface area contributed by atoms with Gasteiger partial charge < -0.3 is 0 Å². The summed E-state index contributed by atoms with van der Waals surface area (Å²) in [4.78, 5) is 19.7. The van der Waals surface area contributed by atoms with Gasteiger partial charge in [-0.25, -0.2) is 4.98 Å². The van der Waals surface area contributed by atoms with Crippen LogP contribution in [0.15, 0.2) is 41.2 Å². The Morgan fingerprint density at radius 3 is 2.79 bits per heavy atom. The van der Waals surface area contributed by atoms with Crippen molar-refractivity contribution in [1.82, 2.24) is 9.55 Å². The molecule has 0 aliphatic carbocycles. The van der Waals surface area contributed by atoms with Crippen LogP contribution in [0.2, 0.25) is 0 Å². The van der Waals surface area contributed by atoms with Gasteiger partial charge in [0.25, 0.3) is 5.56 Å². The highest BCUT2D eigenvalue weighted by molar-refractivity contribution is 7.18. The van der Waals surface area contributed by atoms with Crippen molar-refractivity contribution >= 4 is 21.6 Å².